The number of hydrogen-bond donors (Lipinski definition) is 0. The molecule has 74 valence electrons. The lowest BCUT2D eigenvalue weighted by Crippen LogP contribution is -2.51. The first kappa shape index (κ1) is 9.97. The lowest BCUT2D eigenvalue weighted by Gasteiger charge is -2.31. The van der Waals surface area contributed by atoms with Gasteiger partial charge in [-0.05, 0) is 0 Å². The smallest absolute Gasteiger partial charge is 0.339 e. The third-order valence-electron chi connectivity index (χ3n) is 1.65. The average Bonchev–Trinajstić information content (AvgIpc) is 2.07. The van der Waals surface area contributed by atoms with Crippen LogP contribution in [0.2, 0.25) is 0 Å². The van der Waals surface area contributed by atoms with E-state index in [1.165, 1.54) is 11.9 Å². The van der Waals surface area contributed by atoms with Crippen LogP contribution in [0.15, 0.2) is 4.40 Å². The fourth-order valence-corrected chi connectivity index (χ4v) is 1.74. The molecule has 1 unspecified atom stereocenters. The van der Waals surface area contributed by atoms with Gasteiger partial charge in [-0.3, -0.25) is 4.90 Å². The monoisotopic (exact) mass is 204 g/mol. The van der Waals surface area contributed by atoms with Crippen LogP contribution in [0.25, 0.3) is 0 Å². The molecule has 13 heavy (non-hydrogen) atoms. The minimum atomic E-state index is -1.60. The largest absolute Gasteiger partial charge is 0.348 e. The Morgan fingerprint density at radius 1 is 1.38 bits per heavy atom. The summed E-state index contributed by atoms with van der Waals surface area (Å²) in [5.41, 5.74) is 0. The van der Waals surface area contributed by atoms with Gasteiger partial charge >= 0.3 is 6.03 Å². The van der Waals surface area contributed by atoms with Crippen molar-refractivity contribution in [1.29, 1.82) is 0 Å². The molecule has 2 amide bonds. The summed E-state index contributed by atoms with van der Waals surface area (Å²) in [6, 6.07) is -0.322. The minimum Gasteiger partial charge on any atom is -0.348 e. The first-order valence-electron chi connectivity index (χ1n) is 3.64. The molecule has 0 fully saturated rings. The third kappa shape index (κ3) is 1.64. The molecule has 0 aromatic heterocycles. The van der Waals surface area contributed by atoms with Gasteiger partial charge in [0.1, 0.15) is 0 Å². The maximum absolute atomic E-state index is 11.4. The quantitative estimate of drug-likeness (QED) is 0.533. The number of hydrogen-bond acceptors (Lipinski definition) is 3. The molecule has 0 N–H and O–H groups in total. The Balaban J connectivity index is 3.05. The van der Waals surface area contributed by atoms with E-state index in [0.717, 1.165) is 4.31 Å². The molecule has 0 aromatic carbocycles. The van der Waals surface area contributed by atoms with Gasteiger partial charge in [0, 0.05) is 28.2 Å². The van der Waals surface area contributed by atoms with Crippen LogP contribution in [0.3, 0.4) is 0 Å². The van der Waals surface area contributed by atoms with Crippen molar-refractivity contribution in [3.05, 3.63) is 0 Å². The molecule has 0 bridgehead atoms. The van der Waals surface area contributed by atoms with Crippen molar-refractivity contribution >= 4 is 23.2 Å². The summed E-state index contributed by atoms with van der Waals surface area (Å²) in [5.74, 6) is 0.404. The second kappa shape index (κ2) is 3.33. The summed E-state index contributed by atoms with van der Waals surface area (Å²) < 4.78 is 16.2. The SMILES string of the molecule is CN(C)C1=NS(=O)N(C)C(=O)N1C. The van der Waals surface area contributed by atoms with Gasteiger partial charge in [0.25, 0.3) is 11.2 Å². The number of carbonyl (C=O) groups is 1. The molecule has 0 aromatic rings. The number of guanidine groups is 1. The molecule has 1 heterocycles. The van der Waals surface area contributed by atoms with Gasteiger partial charge in [0.05, 0.1) is 0 Å². The van der Waals surface area contributed by atoms with Crippen LogP contribution in [0, 0.1) is 0 Å². The Morgan fingerprint density at radius 3 is 2.38 bits per heavy atom. The standard InChI is InChI=1S/C6H12N4O2S/c1-8(2)5-7-13(12)10(4)6(11)9(5)3/h1-4H3. The molecular formula is C6H12N4O2S. The van der Waals surface area contributed by atoms with Crippen molar-refractivity contribution < 1.29 is 9.00 Å². The van der Waals surface area contributed by atoms with Crippen LogP contribution in [0.1, 0.15) is 0 Å². The fraction of sp³-hybridized carbons (Fsp3) is 0.667. The van der Waals surface area contributed by atoms with E-state index < -0.39 is 11.2 Å². The number of amides is 2. The Labute approximate surface area is 79.5 Å². The van der Waals surface area contributed by atoms with Crippen LogP contribution < -0.4 is 0 Å². The van der Waals surface area contributed by atoms with Crippen molar-refractivity contribution in [3.8, 4) is 0 Å². The topological polar surface area (TPSA) is 56.2 Å². The van der Waals surface area contributed by atoms with Crippen LogP contribution in [0.4, 0.5) is 4.79 Å². The highest BCUT2D eigenvalue weighted by atomic mass is 32.2. The molecule has 1 atom stereocenters. The van der Waals surface area contributed by atoms with Gasteiger partial charge in [0.15, 0.2) is 0 Å². The first-order chi connectivity index (χ1) is 5.95. The summed E-state index contributed by atoms with van der Waals surface area (Å²) in [6.07, 6.45) is 0. The molecule has 1 aliphatic heterocycles. The van der Waals surface area contributed by atoms with Crippen molar-refractivity contribution in [2.45, 2.75) is 0 Å². The van der Waals surface area contributed by atoms with Crippen LogP contribution in [-0.2, 0) is 11.2 Å². The zero-order valence-electron chi connectivity index (χ0n) is 8.01. The van der Waals surface area contributed by atoms with E-state index >= 15 is 0 Å². The molecule has 7 heteroatoms. The van der Waals surface area contributed by atoms with Crippen LogP contribution >= 0.6 is 0 Å². The molecule has 0 radical (unpaired) electrons. The van der Waals surface area contributed by atoms with Gasteiger partial charge in [-0.15, -0.1) is 4.40 Å². The molecule has 1 aliphatic rings. The maximum Gasteiger partial charge on any atom is 0.339 e. The third-order valence-corrected chi connectivity index (χ3v) is 2.59. The highest BCUT2D eigenvalue weighted by Crippen LogP contribution is 2.09. The summed E-state index contributed by atoms with van der Waals surface area (Å²) >= 11 is -1.60. The number of rotatable bonds is 0. The molecule has 0 saturated carbocycles. The molecule has 0 spiro atoms. The highest BCUT2D eigenvalue weighted by Gasteiger charge is 2.29. The van der Waals surface area contributed by atoms with Crippen molar-refractivity contribution in [1.82, 2.24) is 14.1 Å². The van der Waals surface area contributed by atoms with Gasteiger partial charge in [-0.2, -0.15) is 0 Å². The van der Waals surface area contributed by atoms with E-state index in [2.05, 4.69) is 4.40 Å². The van der Waals surface area contributed by atoms with E-state index in [0.29, 0.717) is 5.96 Å². The van der Waals surface area contributed by atoms with E-state index in [1.807, 2.05) is 0 Å². The Bertz CT molecular complexity index is 288. The Hall–Kier alpha value is -1.11. The summed E-state index contributed by atoms with van der Waals surface area (Å²) in [7, 11) is 6.52. The first-order valence-corrected chi connectivity index (χ1v) is 4.71. The lowest BCUT2D eigenvalue weighted by molar-refractivity contribution is 0.209. The van der Waals surface area contributed by atoms with Gasteiger partial charge in [-0.25, -0.2) is 13.3 Å². The van der Waals surface area contributed by atoms with Crippen LogP contribution in [0.5, 0.6) is 0 Å². The second-order valence-electron chi connectivity index (χ2n) is 2.86. The van der Waals surface area contributed by atoms with Crippen LogP contribution in [-0.4, -0.2) is 58.5 Å². The zero-order chi connectivity index (χ0) is 10.2. The van der Waals surface area contributed by atoms with E-state index in [1.54, 1.807) is 26.0 Å². The van der Waals surface area contributed by atoms with Gasteiger partial charge in [0.2, 0.25) is 5.96 Å². The number of nitrogens with zero attached hydrogens (tertiary/aromatic N) is 4. The Kier molecular flexibility index (Phi) is 2.55. The number of carbonyl (C=O) groups excluding carboxylic acids is 1. The van der Waals surface area contributed by atoms with Crippen molar-refractivity contribution in [2.24, 2.45) is 4.40 Å². The van der Waals surface area contributed by atoms with E-state index in [9.17, 15) is 9.00 Å². The van der Waals surface area contributed by atoms with Crippen molar-refractivity contribution in [3.63, 3.8) is 0 Å². The summed E-state index contributed by atoms with van der Waals surface area (Å²) in [5, 5.41) is 0. The second-order valence-corrected chi connectivity index (χ2v) is 4.05. The van der Waals surface area contributed by atoms with E-state index in [4.69, 9.17) is 0 Å². The highest BCUT2D eigenvalue weighted by molar-refractivity contribution is 7.82. The average molecular weight is 204 g/mol. The van der Waals surface area contributed by atoms with E-state index in [-0.39, 0.29) is 6.03 Å². The maximum atomic E-state index is 11.4. The van der Waals surface area contributed by atoms with Gasteiger partial charge in [-0.1, -0.05) is 0 Å². The number of urea groups is 1. The molecule has 0 saturated heterocycles. The lowest BCUT2D eigenvalue weighted by atomic mass is 10.7. The van der Waals surface area contributed by atoms with Gasteiger partial charge < -0.3 is 4.90 Å². The normalized spacial score (nSPS) is 23.2. The molecular weight excluding hydrogens is 192 g/mol. The molecule has 1 rings (SSSR count). The molecule has 0 aliphatic carbocycles. The minimum absolute atomic E-state index is 0.322. The zero-order valence-corrected chi connectivity index (χ0v) is 8.83. The van der Waals surface area contributed by atoms with Crippen molar-refractivity contribution in [2.75, 3.05) is 28.2 Å². The Morgan fingerprint density at radius 2 is 1.92 bits per heavy atom. The summed E-state index contributed by atoms with van der Waals surface area (Å²) in [4.78, 5) is 14.4. The predicted octanol–water partition coefficient (Wildman–Crippen LogP) is -0.520. The molecule has 6 nitrogen and oxygen atoms in total. The summed E-state index contributed by atoms with van der Waals surface area (Å²) in [6.45, 7) is 0. The fourth-order valence-electron chi connectivity index (χ4n) is 0.938. The predicted molar refractivity (Wildman–Crippen MR) is 50.2 cm³/mol.